The number of carbonyl (C=O) groups excluding carboxylic acids is 3. The third kappa shape index (κ3) is 4.28. The first-order valence-corrected chi connectivity index (χ1v) is 9.98. The van der Waals surface area contributed by atoms with Gasteiger partial charge in [-0.2, -0.15) is 0 Å². The van der Waals surface area contributed by atoms with Crippen LogP contribution in [-0.2, 0) is 0 Å². The number of phenols is 1. The van der Waals surface area contributed by atoms with Crippen molar-refractivity contribution in [3.63, 3.8) is 0 Å². The van der Waals surface area contributed by atoms with E-state index < -0.39 is 23.5 Å². The molecule has 10 heteroatoms. The summed E-state index contributed by atoms with van der Waals surface area (Å²) in [5, 5.41) is 22.7. The van der Waals surface area contributed by atoms with E-state index in [0.29, 0.717) is 10.8 Å². The zero-order valence-corrected chi connectivity index (χ0v) is 17.6. The number of hydrogen-bond acceptors (Lipinski definition) is 7. The summed E-state index contributed by atoms with van der Waals surface area (Å²) in [7, 11) is 0. The van der Waals surface area contributed by atoms with Crippen LogP contribution in [0.25, 0.3) is 10.8 Å². The molecule has 3 amide bonds. The van der Waals surface area contributed by atoms with Crippen LogP contribution in [0, 0.1) is 0 Å². The molecule has 0 bridgehead atoms. The second-order valence-corrected chi connectivity index (χ2v) is 7.15. The number of carbonyl (C=O) groups is 3. The molecule has 0 aliphatic carbocycles. The Bertz CT molecular complexity index is 1480. The summed E-state index contributed by atoms with van der Waals surface area (Å²) >= 11 is 0. The van der Waals surface area contributed by atoms with E-state index in [-0.39, 0.29) is 33.9 Å². The van der Waals surface area contributed by atoms with Gasteiger partial charge in [0, 0.05) is 11.6 Å². The number of aromatic hydroxyl groups is 1. The number of aromatic nitrogens is 1. The topological polar surface area (TPSA) is 173 Å². The van der Waals surface area contributed by atoms with Gasteiger partial charge in [-0.3, -0.25) is 14.4 Å². The second kappa shape index (κ2) is 9.17. The SMILES string of the molecule is NC(=O)c1ccccc1NC(=O)c1cc2ccccc2c(N=Nc2ncccc2C(N)=O)c1O. The van der Waals surface area contributed by atoms with Gasteiger partial charge in [0.2, 0.25) is 0 Å². The molecule has 0 aliphatic heterocycles. The molecule has 168 valence electrons. The van der Waals surface area contributed by atoms with E-state index in [2.05, 4.69) is 20.5 Å². The summed E-state index contributed by atoms with van der Waals surface area (Å²) in [6, 6.07) is 17.6. The normalized spacial score (nSPS) is 10.9. The molecule has 1 aromatic heterocycles. The van der Waals surface area contributed by atoms with Crippen LogP contribution in [-0.4, -0.2) is 27.8 Å². The predicted octanol–water partition coefficient (Wildman–Crippen LogP) is 3.81. The minimum Gasteiger partial charge on any atom is -0.505 e. The van der Waals surface area contributed by atoms with Crippen LogP contribution in [0.4, 0.5) is 17.2 Å². The number of azo groups is 1. The van der Waals surface area contributed by atoms with Gasteiger partial charge in [-0.05, 0) is 35.7 Å². The number of hydrogen-bond donors (Lipinski definition) is 4. The van der Waals surface area contributed by atoms with Gasteiger partial charge in [0.25, 0.3) is 17.7 Å². The third-order valence-electron chi connectivity index (χ3n) is 4.98. The summed E-state index contributed by atoms with van der Waals surface area (Å²) in [6.45, 7) is 0. The maximum atomic E-state index is 13.1. The molecule has 1 heterocycles. The summed E-state index contributed by atoms with van der Waals surface area (Å²) in [5.74, 6) is -2.63. The van der Waals surface area contributed by atoms with Crippen molar-refractivity contribution in [2.75, 3.05) is 5.32 Å². The average molecular weight is 454 g/mol. The lowest BCUT2D eigenvalue weighted by Crippen LogP contribution is -2.18. The zero-order valence-electron chi connectivity index (χ0n) is 17.6. The Morgan fingerprint density at radius 2 is 1.50 bits per heavy atom. The fourth-order valence-corrected chi connectivity index (χ4v) is 3.35. The highest BCUT2D eigenvalue weighted by molar-refractivity contribution is 6.13. The first-order valence-electron chi connectivity index (χ1n) is 9.98. The maximum Gasteiger partial charge on any atom is 0.259 e. The van der Waals surface area contributed by atoms with Crippen molar-refractivity contribution in [1.82, 2.24) is 4.98 Å². The van der Waals surface area contributed by atoms with Crippen LogP contribution in [0.2, 0.25) is 0 Å². The maximum absolute atomic E-state index is 13.1. The first kappa shape index (κ1) is 22.1. The van der Waals surface area contributed by atoms with Crippen LogP contribution in [0.5, 0.6) is 5.75 Å². The minimum atomic E-state index is -0.739. The van der Waals surface area contributed by atoms with Crippen molar-refractivity contribution in [3.8, 4) is 5.75 Å². The third-order valence-corrected chi connectivity index (χ3v) is 4.98. The number of primary amides is 2. The number of nitrogens with one attached hydrogen (secondary N) is 1. The summed E-state index contributed by atoms with van der Waals surface area (Å²) in [6.07, 6.45) is 1.42. The monoisotopic (exact) mass is 454 g/mol. The Morgan fingerprint density at radius 1 is 0.824 bits per heavy atom. The zero-order chi connectivity index (χ0) is 24.2. The summed E-state index contributed by atoms with van der Waals surface area (Å²) < 4.78 is 0. The molecular formula is C24H18N6O4. The molecule has 0 saturated carbocycles. The summed E-state index contributed by atoms with van der Waals surface area (Å²) in [4.78, 5) is 40.4. The highest BCUT2D eigenvalue weighted by atomic mass is 16.3. The fourth-order valence-electron chi connectivity index (χ4n) is 3.35. The van der Waals surface area contributed by atoms with Crippen molar-refractivity contribution in [2.24, 2.45) is 21.7 Å². The van der Waals surface area contributed by atoms with Gasteiger partial charge in [-0.25, -0.2) is 4.98 Å². The van der Waals surface area contributed by atoms with Gasteiger partial charge in [0.05, 0.1) is 22.4 Å². The lowest BCUT2D eigenvalue weighted by atomic mass is 10.0. The standard InChI is InChI=1S/C24H18N6O4/c25-21(32)15-8-3-4-10-18(15)28-24(34)17-12-13-6-1-2-7-14(13)19(20(17)31)29-30-23-16(22(26)33)9-5-11-27-23/h1-12,31H,(H2,25,32)(H2,26,33)(H,28,34). The van der Waals surface area contributed by atoms with Crippen LogP contribution < -0.4 is 16.8 Å². The molecule has 6 N–H and O–H groups in total. The Kier molecular flexibility index (Phi) is 5.95. The van der Waals surface area contributed by atoms with Gasteiger partial charge in [-0.15, -0.1) is 10.2 Å². The van der Waals surface area contributed by atoms with Crippen LogP contribution in [0.3, 0.4) is 0 Å². The second-order valence-electron chi connectivity index (χ2n) is 7.15. The Labute approximate surface area is 192 Å². The smallest absolute Gasteiger partial charge is 0.259 e. The number of nitrogens with two attached hydrogens (primary N) is 2. The predicted molar refractivity (Wildman–Crippen MR) is 125 cm³/mol. The number of anilines is 1. The van der Waals surface area contributed by atoms with Crippen LogP contribution in [0.15, 0.2) is 83.2 Å². The van der Waals surface area contributed by atoms with Crippen molar-refractivity contribution in [1.29, 1.82) is 0 Å². The largest absolute Gasteiger partial charge is 0.505 e. The molecule has 4 rings (SSSR count). The van der Waals surface area contributed by atoms with Crippen molar-refractivity contribution in [2.45, 2.75) is 0 Å². The number of pyridine rings is 1. The molecule has 3 aromatic carbocycles. The number of nitrogens with zero attached hydrogens (tertiary/aromatic N) is 3. The van der Waals surface area contributed by atoms with E-state index in [1.54, 1.807) is 36.4 Å². The highest BCUT2D eigenvalue weighted by Crippen LogP contribution is 2.39. The molecule has 0 fully saturated rings. The molecule has 0 spiro atoms. The van der Waals surface area contributed by atoms with E-state index >= 15 is 0 Å². The van der Waals surface area contributed by atoms with E-state index in [1.807, 2.05) is 0 Å². The Balaban J connectivity index is 1.81. The first-order chi connectivity index (χ1) is 16.4. The van der Waals surface area contributed by atoms with Gasteiger partial charge in [-0.1, -0.05) is 36.4 Å². The molecule has 0 atom stereocenters. The molecule has 0 radical (unpaired) electrons. The van der Waals surface area contributed by atoms with E-state index in [9.17, 15) is 19.5 Å². The van der Waals surface area contributed by atoms with Gasteiger partial charge in [0.1, 0.15) is 5.69 Å². The lowest BCUT2D eigenvalue weighted by molar-refractivity contribution is 0.0991. The van der Waals surface area contributed by atoms with Crippen molar-refractivity contribution < 1.29 is 19.5 Å². The summed E-state index contributed by atoms with van der Waals surface area (Å²) in [5.41, 5.74) is 11.0. The van der Waals surface area contributed by atoms with Crippen molar-refractivity contribution in [3.05, 3.63) is 89.6 Å². The number of rotatable bonds is 6. The highest BCUT2D eigenvalue weighted by Gasteiger charge is 2.20. The van der Waals surface area contributed by atoms with Crippen LogP contribution in [0.1, 0.15) is 31.1 Å². The Morgan fingerprint density at radius 3 is 2.26 bits per heavy atom. The molecule has 34 heavy (non-hydrogen) atoms. The average Bonchev–Trinajstić information content (AvgIpc) is 2.83. The number of phenolic OH excluding ortho intramolecular Hbond substituents is 1. The van der Waals surface area contributed by atoms with Crippen LogP contribution >= 0.6 is 0 Å². The number of amides is 3. The number of benzene rings is 3. The van der Waals surface area contributed by atoms with E-state index in [0.717, 1.165) is 0 Å². The van der Waals surface area contributed by atoms with Gasteiger partial charge >= 0.3 is 0 Å². The van der Waals surface area contributed by atoms with E-state index in [4.69, 9.17) is 11.5 Å². The molecule has 0 unspecified atom stereocenters. The lowest BCUT2D eigenvalue weighted by Gasteiger charge is -2.12. The number of para-hydroxylation sites is 1. The molecule has 10 nitrogen and oxygen atoms in total. The molecule has 0 saturated heterocycles. The Hall–Kier alpha value is -5.12. The quantitative estimate of drug-likeness (QED) is 0.324. The fraction of sp³-hybridized carbons (Fsp3) is 0. The minimum absolute atomic E-state index is 0.00694. The number of fused-ring (bicyclic) bond motifs is 1. The molecular weight excluding hydrogens is 436 g/mol. The molecule has 0 aliphatic rings. The van der Waals surface area contributed by atoms with Gasteiger partial charge in [0.15, 0.2) is 11.6 Å². The molecule has 4 aromatic rings. The van der Waals surface area contributed by atoms with Crippen molar-refractivity contribution >= 4 is 45.7 Å². The van der Waals surface area contributed by atoms with E-state index in [1.165, 1.54) is 36.5 Å². The van der Waals surface area contributed by atoms with Gasteiger partial charge < -0.3 is 21.9 Å².